The lowest BCUT2D eigenvalue weighted by atomic mass is 9.94. The van der Waals surface area contributed by atoms with E-state index in [0.29, 0.717) is 13.1 Å². The number of hydrogen-bond acceptors (Lipinski definition) is 4. The van der Waals surface area contributed by atoms with Crippen LogP contribution in [0.15, 0.2) is 12.7 Å². The maximum absolute atomic E-state index is 10.1. The SMILES string of the molecule is OC1(Cn2cncn2)CCCNC1. The minimum absolute atomic E-state index is 0.528. The van der Waals surface area contributed by atoms with Crippen LogP contribution in [-0.4, -0.2) is 38.6 Å². The molecule has 1 saturated heterocycles. The van der Waals surface area contributed by atoms with E-state index in [1.807, 2.05) is 0 Å². The molecule has 2 rings (SSSR count). The molecule has 1 aliphatic rings. The summed E-state index contributed by atoms with van der Waals surface area (Å²) in [5.41, 5.74) is -0.647. The molecule has 13 heavy (non-hydrogen) atoms. The van der Waals surface area contributed by atoms with Crippen molar-refractivity contribution in [2.75, 3.05) is 13.1 Å². The summed E-state index contributed by atoms with van der Waals surface area (Å²) in [5, 5.41) is 17.2. The Labute approximate surface area is 76.8 Å². The van der Waals surface area contributed by atoms with E-state index in [-0.39, 0.29) is 0 Å². The maximum atomic E-state index is 10.1. The lowest BCUT2D eigenvalue weighted by molar-refractivity contribution is -0.00231. The van der Waals surface area contributed by atoms with Gasteiger partial charge < -0.3 is 10.4 Å². The quantitative estimate of drug-likeness (QED) is 0.640. The van der Waals surface area contributed by atoms with Crippen molar-refractivity contribution in [1.82, 2.24) is 20.1 Å². The van der Waals surface area contributed by atoms with Gasteiger partial charge in [0.25, 0.3) is 0 Å². The maximum Gasteiger partial charge on any atom is 0.137 e. The Bertz CT molecular complexity index is 253. The molecule has 0 bridgehead atoms. The van der Waals surface area contributed by atoms with Crippen LogP contribution in [0.4, 0.5) is 0 Å². The highest BCUT2D eigenvalue weighted by atomic mass is 16.3. The Kier molecular flexibility index (Phi) is 2.28. The molecule has 0 aliphatic carbocycles. The van der Waals surface area contributed by atoms with Gasteiger partial charge >= 0.3 is 0 Å². The summed E-state index contributed by atoms with van der Waals surface area (Å²) in [7, 11) is 0. The third kappa shape index (κ3) is 2.05. The predicted octanol–water partition coefficient (Wildman–Crippen LogP) is -0.607. The van der Waals surface area contributed by atoms with Gasteiger partial charge in [0.15, 0.2) is 0 Å². The van der Waals surface area contributed by atoms with Gasteiger partial charge in [-0.2, -0.15) is 5.10 Å². The van der Waals surface area contributed by atoms with Crippen LogP contribution in [0.1, 0.15) is 12.8 Å². The van der Waals surface area contributed by atoms with Gasteiger partial charge in [0.05, 0.1) is 12.1 Å². The lowest BCUT2D eigenvalue weighted by Gasteiger charge is -2.32. The third-order valence-corrected chi connectivity index (χ3v) is 2.37. The Morgan fingerprint density at radius 3 is 3.15 bits per heavy atom. The van der Waals surface area contributed by atoms with Crippen molar-refractivity contribution in [2.24, 2.45) is 0 Å². The molecule has 1 atom stereocenters. The van der Waals surface area contributed by atoms with E-state index in [2.05, 4.69) is 15.4 Å². The highest BCUT2D eigenvalue weighted by Crippen LogP contribution is 2.17. The second-order valence-corrected chi connectivity index (χ2v) is 3.60. The highest BCUT2D eigenvalue weighted by molar-refractivity contribution is 4.85. The van der Waals surface area contributed by atoms with Crippen LogP contribution >= 0.6 is 0 Å². The third-order valence-electron chi connectivity index (χ3n) is 2.37. The van der Waals surface area contributed by atoms with Gasteiger partial charge in [-0.25, -0.2) is 4.98 Å². The number of nitrogens with zero attached hydrogens (tertiary/aromatic N) is 3. The molecule has 2 heterocycles. The van der Waals surface area contributed by atoms with Crippen LogP contribution in [0.2, 0.25) is 0 Å². The van der Waals surface area contributed by atoms with Gasteiger partial charge in [-0.1, -0.05) is 0 Å². The average Bonchev–Trinajstić information content (AvgIpc) is 2.57. The molecule has 0 aromatic carbocycles. The number of rotatable bonds is 2. The minimum atomic E-state index is -0.647. The smallest absolute Gasteiger partial charge is 0.137 e. The first kappa shape index (κ1) is 8.65. The Balaban J connectivity index is 1.99. The first-order valence-corrected chi connectivity index (χ1v) is 4.54. The Morgan fingerprint density at radius 2 is 2.54 bits per heavy atom. The van der Waals surface area contributed by atoms with Gasteiger partial charge in [0.1, 0.15) is 12.7 Å². The summed E-state index contributed by atoms with van der Waals surface area (Å²) < 4.78 is 1.67. The first-order chi connectivity index (χ1) is 6.29. The molecule has 0 spiro atoms. The van der Waals surface area contributed by atoms with Gasteiger partial charge in [0, 0.05) is 6.54 Å². The number of aliphatic hydroxyl groups is 1. The van der Waals surface area contributed by atoms with E-state index < -0.39 is 5.60 Å². The van der Waals surface area contributed by atoms with Crippen LogP contribution in [-0.2, 0) is 6.54 Å². The van der Waals surface area contributed by atoms with Gasteiger partial charge in [-0.05, 0) is 19.4 Å². The second-order valence-electron chi connectivity index (χ2n) is 3.60. The Morgan fingerprint density at radius 1 is 1.62 bits per heavy atom. The van der Waals surface area contributed by atoms with Crippen molar-refractivity contribution in [3.63, 3.8) is 0 Å². The zero-order valence-corrected chi connectivity index (χ0v) is 7.48. The van der Waals surface area contributed by atoms with Crippen LogP contribution in [0.5, 0.6) is 0 Å². The summed E-state index contributed by atoms with van der Waals surface area (Å²) in [6.45, 7) is 2.17. The van der Waals surface area contributed by atoms with Crippen LogP contribution in [0.3, 0.4) is 0 Å². The van der Waals surface area contributed by atoms with E-state index in [1.54, 1.807) is 11.0 Å². The second kappa shape index (κ2) is 3.43. The van der Waals surface area contributed by atoms with Crippen LogP contribution < -0.4 is 5.32 Å². The molecule has 1 aromatic heterocycles. The number of β-amino-alcohol motifs (C(OH)–C–C–N with tert-alkyl or cyclic N) is 1. The van der Waals surface area contributed by atoms with Crippen LogP contribution in [0.25, 0.3) is 0 Å². The molecule has 1 aliphatic heterocycles. The molecular formula is C8H14N4O. The first-order valence-electron chi connectivity index (χ1n) is 4.54. The summed E-state index contributed by atoms with van der Waals surface area (Å²) in [4.78, 5) is 3.84. The van der Waals surface area contributed by atoms with Gasteiger partial charge in [-0.3, -0.25) is 4.68 Å². The standard InChI is InChI=1S/C8H14N4O/c13-8(2-1-3-9-4-8)5-12-7-10-6-11-12/h6-7,9,13H,1-5H2. The molecule has 5 heteroatoms. The number of aromatic nitrogens is 3. The van der Waals surface area contributed by atoms with E-state index >= 15 is 0 Å². The molecule has 72 valence electrons. The molecular weight excluding hydrogens is 168 g/mol. The predicted molar refractivity (Wildman–Crippen MR) is 47.1 cm³/mol. The lowest BCUT2D eigenvalue weighted by Crippen LogP contribution is -2.48. The number of nitrogens with one attached hydrogen (secondary N) is 1. The fourth-order valence-electron chi connectivity index (χ4n) is 1.70. The summed E-state index contributed by atoms with van der Waals surface area (Å²) in [6, 6.07) is 0. The largest absolute Gasteiger partial charge is 0.387 e. The molecule has 0 radical (unpaired) electrons. The Hall–Kier alpha value is -0.940. The van der Waals surface area contributed by atoms with E-state index in [4.69, 9.17) is 0 Å². The fraction of sp³-hybridized carbons (Fsp3) is 0.750. The average molecular weight is 182 g/mol. The minimum Gasteiger partial charge on any atom is -0.387 e. The number of piperidine rings is 1. The zero-order valence-electron chi connectivity index (χ0n) is 7.48. The molecule has 0 amide bonds. The van der Waals surface area contributed by atoms with Gasteiger partial charge in [-0.15, -0.1) is 0 Å². The van der Waals surface area contributed by atoms with E-state index in [1.165, 1.54) is 6.33 Å². The normalized spacial score (nSPS) is 29.0. The summed E-state index contributed by atoms with van der Waals surface area (Å²) in [5.74, 6) is 0. The molecule has 1 aromatic rings. The van der Waals surface area contributed by atoms with E-state index in [0.717, 1.165) is 19.4 Å². The summed E-state index contributed by atoms with van der Waals surface area (Å²) >= 11 is 0. The number of hydrogen-bond donors (Lipinski definition) is 2. The summed E-state index contributed by atoms with van der Waals surface area (Å²) in [6.07, 6.45) is 4.97. The molecule has 2 N–H and O–H groups in total. The van der Waals surface area contributed by atoms with Crippen molar-refractivity contribution < 1.29 is 5.11 Å². The van der Waals surface area contributed by atoms with Crippen molar-refractivity contribution in [2.45, 2.75) is 25.0 Å². The van der Waals surface area contributed by atoms with Crippen molar-refractivity contribution in [3.8, 4) is 0 Å². The van der Waals surface area contributed by atoms with Crippen molar-refractivity contribution in [3.05, 3.63) is 12.7 Å². The topological polar surface area (TPSA) is 63.0 Å². The fourth-order valence-corrected chi connectivity index (χ4v) is 1.70. The molecule has 1 fully saturated rings. The van der Waals surface area contributed by atoms with Crippen molar-refractivity contribution in [1.29, 1.82) is 0 Å². The molecule has 1 unspecified atom stereocenters. The monoisotopic (exact) mass is 182 g/mol. The van der Waals surface area contributed by atoms with Crippen molar-refractivity contribution >= 4 is 0 Å². The van der Waals surface area contributed by atoms with Gasteiger partial charge in [0.2, 0.25) is 0 Å². The molecule has 5 nitrogen and oxygen atoms in total. The van der Waals surface area contributed by atoms with Crippen LogP contribution in [0, 0.1) is 0 Å². The highest BCUT2D eigenvalue weighted by Gasteiger charge is 2.29. The molecule has 0 saturated carbocycles. The zero-order chi connectivity index (χ0) is 9.15. The van der Waals surface area contributed by atoms with E-state index in [9.17, 15) is 5.11 Å².